The highest BCUT2D eigenvalue weighted by Gasteiger charge is 2.47. The number of aryl methyl sites for hydroxylation is 1. The number of aliphatic hydroxyl groups is 1. The van der Waals surface area contributed by atoms with Crippen LogP contribution < -0.4 is 14.4 Å². The van der Waals surface area contributed by atoms with E-state index in [0.717, 1.165) is 48.9 Å². The van der Waals surface area contributed by atoms with Crippen LogP contribution in [0.3, 0.4) is 0 Å². The topological polar surface area (TPSA) is 109 Å². The Morgan fingerprint density at radius 1 is 1.07 bits per heavy atom. The molecule has 1 aromatic heterocycles. The third-order valence-corrected chi connectivity index (χ3v) is 12.3. The Morgan fingerprint density at radius 2 is 1.91 bits per heavy atom. The minimum atomic E-state index is -3.99. The second-order valence-corrected chi connectivity index (χ2v) is 15.5. The summed E-state index contributed by atoms with van der Waals surface area (Å²) in [6, 6.07) is 16.6. The third-order valence-electron chi connectivity index (χ3n) is 10.2. The van der Waals surface area contributed by atoms with Gasteiger partial charge in [-0.3, -0.25) is 9.78 Å². The predicted octanol–water partition coefficient (Wildman–Crippen LogP) is 6.41. The molecule has 2 N–H and O–H groups in total. The highest BCUT2D eigenvalue weighted by molar-refractivity contribution is 7.90. The van der Waals surface area contributed by atoms with Gasteiger partial charge in [0.1, 0.15) is 18.0 Å². The zero-order valence-corrected chi connectivity index (χ0v) is 27.9. The lowest BCUT2D eigenvalue weighted by Gasteiger charge is -2.48. The molecule has 3 aliphatic rings. The van der Waals surface area contributed by atoms with Gasteiger partial charge in [-0.15, -0.1) is 0 Å². The number of nitrogens with zero attached hydrogens (tertiary/aromatic N) is 2. The van der Waals surface area contributed by atoms with Crippen molar-refractivity contribution in [2.24, 2.45) is 17.8 Å². The molecule has 1 aliphatic carbocycles. The van der Waals surface area contributed by atoms with Gasteiger partial charge >= 0.3 is 0 Å². The van der Waals surface area contributed by atoms with Gasteiger partial charge in [0.25, 0.3) is 5.91 Å². The van der Waals surface area contributed by atoms with Crippen molar-refractivity contribution in [1.82, 2.24) is 9.71 Å². The lowest BCUT2D eigenvalue weighted by Crippen LogP contribution is -2.49. The number of rotatable bonds is 1. The summed E-state index contributed by atoms with van der Waals surface area (Å²) in [7, 11) is -3.99. The van der Waals surface area contributed by atoms with Gasteiger partial charge in [0, 0.05) is 35.8 Å². The van der Waals surface area contributed by atoms with Crippen molar-refractivity contribution < 1.29 is 23.1 Å². The number of sulfonamides is 1. The zero-order valence-electron chi connectivity index (χ0n) is 26.4. The van der Waals surface area contributed by atoms with Crippen LogP contribution in [-0.4, -0.2) is 42.8 Å². The van der Waals surface area contributed by atoms with E-state index < -0.39 is 26.8 Å². The van der Waals surface area contributed by atoms with Crippen LogP contribution in [0.5, 0.6) is 5.75 Å². The largest absolute Gasteiger partial charge is 0.487 e. The molecule has 1 amide bonds. The molecule has 0 radical (unpaired) electrons. The van der Waals surface area contributed by atoms with Gasteiger partial charge in [-0.25, -0.2) is 13.1 Å². The molecule has 3 aromatic rings. The minimum Gasteiger partial charge on any atom is -0.487 e. The first-order valence-electron chi connectivity index (χ1n) is 16.2. The van der Waals surface area contributed by atoms with Crippen molar-refractivity contribution in [2.75, 3.05) is 18.0 Å². The Hall–Kier alpha value is -3.40. The minimum absolute atomic E-state index is 0.0940. The fourth-order valence-electron chi connectivity index (χ4n) is 6.97. The molecule has 2 aliphatic heterocycles. The summed E-state index contributed by atoms with van der Waals surface area (Å²) in [4.78, 5) is 20.3. The molecular formula is C36H42ClN3O5S. The summed E-state index contributed by atoms with van der Waals surface area (Å²) in [5.74, 6) is -0.309. The number of aromatic nitrogens is 1. The number of hydrogen-bond acceptors (Lipinski definition) is 7. The van der Waals surface area contributed by atoms with Crippen molar-refractivity contribution in [3.8, 4) is 5.75 Å². The van der Waals surface area contributed by atoms with Gasteiger partial charge in [-0.05, 0) is 111 Å². The number of carbonyl (C=O) groups is 1. The molecule has 244 valence electrons. The van der Waals surface area contributed by atoms with E-state index in [1.54, 1.807) is 31.3 Å². The summed E-state index contributed by atoms with van der Waals surface area (Å²) in [6.07, 6.45) is 10.3. The van der Waals surface area contributed by atoms with Crippen molar-refractivity contribution in [3.05, 3.63) is 100 Å². The van der Waals surface area contributed by atoms with E-state index in [4.69, 9.17) is 16.3 Å². The van der Waals surface area contributed by atoms with Gasteiger partial charge in [0.15, 0.2) is 0 Å². The Labute approximate surface area is 276 Å². The molecule has 1 fully saturated rings. The van der Waals surface area contributed by atoms with E-state index >= 15 is 0 Å². The molecule has 0 spiro atoms. The average Bonchev–Trinajstić information content (AvgIpc) is 3.05. The number of hydrogen-bond donors (Lipinski definition) is 2. The molecule has 2 bridgehead atoms. The van der Waals surface area contributed by atoms with Crippen molar-refractivity contribution in [2.45, 2.75) is 69.8 Å². The SMILES string of the molecule is C[C@@H]1C/C=C/[C@@](O)(c2ccccn2)[C@@H]2CC[C@H]2CN2CCCCc3cc(Cl)ccc3COc3ccc(cc32)C(=O)NS(=O)(=O)[C@@H]1C. The first kappa shape index (κ1) is 32.5. The Bertz CT molecular complexity index is 1720. The Morgan fingerprint density at radius 3 is 2.67 bits per heavy atom. The van der Waals surface area contributed by atoms with Crippen LogP contribution in [0.1, 0.15) is 73.1 Å². The van der Waals surface area contributed by atoms with Crippen molar-refractivity contribution in [1.29, 1.82) is 0 Å². The molecule has 6 rings (SSSR count). The summed E-state index contributed by atoms with van der Waals surface area (Å²) in [5.41, 5.74) is 2.47. The molecule has 5 atom stereocenters. The summed E-state index contributed by atoms with van der Waals surface area (Å²) < 4.78 is 35.5. The second kappa shape index (κ2) is 13.4. The van der Waals surface area contributed by atoms with E-state index in [9.17, 15) is 18.3 Å². The number of allylic oxidation sites excluding steroid dienone is 1. The second-order valence-electron chi connectivity index (χ2n) is 13.1. The molecule has 8 nitrogen and oxygen atoms in total. The maximum Gasteiger partial charge on any atom is 0.264 e. The third kappa shape index (κ3) is 6.68. The lowest BCUT2D eigenvalue weighted by atomic mass is 9.63. The van der Waals surface area contributed by atoms with Crippen LogP contribution in [0.25, 0.3) is 0 Å². The highest BCUT2D eigenvalue weighted by Crippen LogP contribution is 2.48. The van der Waals surface area contributed by atoms with E-state index in [2.05, 4.69) is 14.6 Å². The maximum atomic E-state index is 13.4. The first-order chi connectivity index (χ1) is 22.0. The normalized spacial score (nSPS) is 29.0. The van der Waals surface area contributed by atoms with E-state index in [1.165, 1.54) is 0 Å². The number of fused-ring (bicyclic) bond motifs is 3. The number of anilines is 1. The number of ether oxygens (including phenoxy) is 1. The number of nitrogens with one attached hydrogen (secondary N) is 1. The van der Waals surface area contributed by atoms with Crippen LogP contribution in [0.15, 0.2) is 72.9 Å². The molecule has 0 unspecified atom stereocenters. The van der Waals surface area contributed by atoms with E-state index in [-0.39, 0.29) is 23.3 Å². The number of benzene rings is 2. The molecule has 3 heterocycles. The van der Waals surface area contributed by atoms with E-state index in [0.29, 0.717) is 42.6 Å². The number of halogens is 1. The quantitative estimate of drug-likeness (QED) is 0.290. The maximum absolute atomic E-state index is 13.4. The monoisotopic (exact) mass is 663 g/mol. The van der Waals surface area contributed by atoms with Crippen LogP contribution in [0.4, 0.5) is 5.69 Å². The molecule has 1 saturated carbocycles. The van der Waals surface area contributed by atoms with Crippen LogP contribution >= 0.6 is 11.6 Å². The number of amides is 1. The van der Waals surface area contributed by atoms with Crippen molar-refractivity contribution in [3.63, 3.8) is 0 Å². The molecule has 46 heavy (non-hydrogen) atoms. The van der Waals surface area contributed by atoms with Gasteiger partial charge in [-0.2, -0.15) is 0 Å². The molecule has 0 saturated heterocycles. The Balaban J connectivity index is 1.43. The molecule has 2 aromatic carbocycles. The van der Waals surface area contributed by atoms with Gasteiger partial charge in [0.05, 0.1) is 16.6 Å². The van der Waals surface area contributed by atoms with E-state index in [1.807, 2.05) is 55.5 Å². The molecular weight excluding hydrogens is 622 g/mol. The van der Waals surface area contributed by atoms with Gasteiger partial charge in [0.2, 0.25) is 10.0 Å². The highest BCUT2D eigenvalue weighted by atomic mass is 35.5. The van der Waals surface area contributed by atoms with Crippen LogP contribution in [0, 0.1) is 17.8 Å². The number of pyridine rings is 1. The summed E-state index contributed by atoms with van der Waals surface area (Å²) in [6.45, 7) is 5.12. The lowest BCUT2D eigenvalue weighted by molar-refractivity contribution is -0.0528. The van der Waals surface area contributed by atoms with Crippen molar-refractivity contribution >= 4 is 33.2 Å². The smallest absolute Gasteiger partial charge is 0.264 e. The standard InChI is InChI=1S/C36H42ClN3O5S/c1-24-8-7-17-36(42,34-10-3-5-18-38-34)31-15-12-28(31)22-40-19-6-4-9-26-20-30(37)14-11-29(26)23-45-33-16-13-27(21-32(33)40)35(41)39-46(43,44)25(24)2/h3,5,7,10-11,13-14,16-18,20-21,24-25,28,31,42H,4,6,8-9,12,15,19,22-23H2,1-2H3,(H,39,41)/b17-7+/t24-,25-,28+,31-,36+/m1/s1. The van der Waals surface area contributed by atoms with Gasteiger partial charge in [-0.1, -0.05) is 42.8 Å². The Kier molecular flexibility index (Phi) is 9.46. The zero-order chi connectivity index (χ0) is 32.5. The fourth-order valence-corrected chi connectivity index (χ4v) is 8.45. The van der Waals surface area contributed by atoms with Crippen LogP contribution in [0.2, 0.25) is 5.02 Å². The number of carbonyl (C=O) groups excluding carboxylic acids is 1. The fraction of sp³-hybridized carbons (Fsp3) is 0.444. The first-order valence-corrected chi connectivity index (χ1v) is 18.1. The van der Waals surface area contributed by atoms with Gasteiger partial charge < -0.3 is 14.7 Å². The summed E-state index contributed by atoms with van der Waals surface area (Å²) >= 11 is 6.34. The molecule has 10 heteroatoms. The van der Waals surface area contributed by atoms with Crippen LogP contribution in [-0.2, 0) is 28.7 Å². The summed E-state index contributed by atoms with van der Waals surface area (Å²) in [5, 5.41) is 12.2. The average molecular weight is 664 g/mol. The predicted molar refractivity (Wildman–Crippen MR) is 180 cm³/mol.